The Balaban J connectivity index is 2.33. The zero-order valence-electron chi connectivity index (χ0n) is 9.56. The molecule has 8 heteroatoms. The molecular weight excluding hydrogens is 311 g/mol. The lowest BCUT2D eigenvalue weighted by Crippen LogP contribution is -2.12. The summed E-state index contributed by atoms with van der Waals surface area (Å²) in [5.74, 6) is -0.691. The molecule has 1 aromatic carbocycles. The molecule has 102 valence electrons. The summed E-state index contributed by atoms with van der Waals surface area (Å²) in [4.78, 5) is 0.729. The number of nitrogens with two attached hydrogens (primary N) is 1. The molecule has 0 unspecified atom stereocenters. The summed E-state index contributed by atoms with van der Waals surface area (Å²) in [6.07, 6.45) is 0. The maximum Gasteiger partial charge on any atom is 0.271 e. The predicted octanol–water partition coefficient (Wildman–Crippen LogP) is 2.80. The number of sulfonamides is 1. The van der Waals surface area contributed by atoms with E-state index in [1.165, 1.54) is 18.2 Å². The fourth-order valence-corrected chi connectivity index (χ4v) is 3.85. The number of benzene rings is 1. The Morgan fingerprint density at radius 1 is 1.32 bits per heavy atom. The molecule has 0 aliphatic rings. The quantitative estimate of drug-likeness (QED) is 0.910. The molecule has 0 amide bonds. The molecule has 0 aliphatic heterocycles. The Morgan fingerprint density at radius 2 is 2.05 bits per heavy atom. The second-order valence-electron chi connectivity index (χ2n) is 3.65. The molecule has 1 heterocycles. The van der Waals surface area contributed by atoms with Gasteiger partial charge in [0.25, 0.3) is 10.0 Å². The summed E-state index contributed by atoms with van der Waals surface area (Å²) >= 11 is 6.74. The van der Waals surface area contributed by atoms with E-state index in [1.807, 2.05) is 0 Å². The standard InChI is InChI=1S/C11H10ClFN2O2S2/c12-7-1-3-9(13)10(5-7)15-19(16,17)11-4-2-8(6-14)18-11/h1-5,15H,6,14H2. The highest BCUT2D eigenvalue weighted by Crippen LogP contribution is 2.26. The Hall–Kier alpha value is -1.15. The van der Waals surface area contributed by atoms with Gasteiger partial charge in [0.05, 0.1) is 5.69 Å². The van der Waals surface area contributed by atoms with Crippen LogP contribution in [0.2, 0.25) is 5.02 Å². The molecule has 0 aliphatic carbocycles. The molecule has 1 aromatic heterocycles. The average molecular weight is 321 g/mol. The highest BCUT2D eigenvalue weighted by atomic mass is 35.5. The van der Waals surface area contributed by atoms with Crippen LogP contribution >= 0.6 is 22.9 Å². The SMILES string of the molecule is NCc1ccc(S(=O)(=O)Nc2cc(Cl)ccc2F)s1. The molecule has 3 N–H and O–H groups in total. The van der Waals surface area contributed by atoms with Gasteiger partial charge >= 0.3 is 0 Å². The third kappa shape index (κ3) is 3.24. The van der Waals surface area contributed by atoms with Crippen molar-refractivity contribution in [2.75, 3.05) is 4.72 Å². The lowest BCUT2D eigenvalue weighted by molar-refractivity contribution is 0.600. The van der Waals surface area contributed by atoms with E-state index >= 15 is 0 Å². The third-order valence-electron chi connectivity index (χ3n) is 2.28. The minimum Gasteiger partial charge on any atom is -0.326 e. The van der Waals surface area contributed by atoms with Gasteiger partial charge in [-0.15, -0.1) is 11.3 Å². The number of thiophene rings is 1. The van der Waals surface area contributed by atoms with Gasteiger partial charge in [0, 0.05) is 16.4 Å². The Kier molecular flexibility index (Phi) is 4.10. The van der Waals surface area contributed by atoms with Crippen molar-refractivity contribution < 1.29 is 12.8 Å². The highest BCUT2D eigenvalue weighted by Gasteiger charge is 2.18. The van der Waals surface area contributed by atoms with E-state index in [0.29, 0.717) is 0 Å². The van der Waals surface area contributed by atoms with Crippen molar-refractivity contribution in [3.8, 4) is 0 Å². The first kappa shape index (κ1) is 14.3. The summed E-state index contributed by atoms with van der Waals surface area (Å²) in [6.45, 7) is 0.256. The molecular formula is C11H10ClFN2O2S2. The molecule has 4 nitrogen and oxygen atoms in total. The zero-order valence-corrected chi connectivity index (χ0v) is 11.9. The van der Waals surface area contributed by atoms with E-state index in [0.717, 1.165) is 22.3 Å². The van der Waals surface area contributed by atoms with Gasteiger partial charge in [-0.2, -0.15) is 0 Å². The molecule has 0 fully saturated rings. The Labute approximate surface area is 119 Å². The second kappa shape index (κ2) is 5.46. The van der Waals surface area contributed by atoms with Crippen LogP contribution in [0.4, 0.5) is 10.1 Å². The first-order valence-corrected chi connectivity index (χ1v) is 7.87. The predicted molar refractivity (Wildman–Crippen MR) is 74.4 cm³/mol. The maximum absolute atomic E-state index is 13.5. The second-order valence-corrected chi connectivity index (χ2v) is 7.17. The van der Waals surface area contributed by atoms with Gasteiger partial charge in [0.15, 0.2) is 0 Å². The summed E-state index contributed by atoms with van der Waals surface area (Å²) < 4.78 is 39.8. The van der Waals surface area contributed by atoms with Gasteiger partial charge in [-0.3, -0.25) is 4.72 Å². The van der Waals surface area contributed by atoms with Crippen LogP contribution in [-0.2, 0) is 16.6 Å². The van der Waals surface area contributed by atoms with Gasteiger partial charge in [-0.1, -0.05) is 11.6 Å². The van der Waals surface area contributed by atoms with Gasteiger partial charge in [-0.25, -0.2) is 12.8 Å². The Bertz CT molecular complexity index is 700. The summed E-state index contributed by atoms with van der Waals surface area (Å²) in [5, 5.41) is 0.243. The van der Waals surface area contributed by atoms with Crippen LogP contribution in [-0.4, -0.2) is 8.42 Å². The summed E-state index contributed by atoms with van der Waals surface area (Å²) in [6, 6.07) is 6.70. The number of nitrogens with one attached hydrogen (secondary N) is 1. The highest BCUT2D eigenvalue weighted by molar-refractivity contribution is 7.94. The minimum atomic E-state index is -3.83. The largest absolute Gasteiger partial charge is 0.326 e. The number of anilines is 1. The topological polar surface area (TPSA) is 72.2 Å². The van der Waals surface area contributed by atoms with Crippen LogP contribution in [0, 0.1) is 5.82 Å². The van der Waals surface area contributed by atoms with Gasteiger partial charge in [-0.05, 0) is 30.3 Å². The smallest absolute Gasteiger partial charge is 0.271 e. The zero-order chi connectivity index (χ0) is 14.0. The van der Waals surface area contributed by atoms with Gasteiger partial charge in [0.1, 0.15) is 10.0 Å². The molecule has 0 atom stereocenters. The number of rotatable bonds is 4. The van der Waals surface area contributed by atoms with Crippen molar-refractivity contribution in [1.29, 1.82) is 0 Å². The first-order chi connectivity index (χ1) is 8.92. The van der Waals surface area contributed by atoms with Crippen LogP contribution in [0.3, 0.4) is 0 Å². The van der Waals surface area contributed by atoms with Crippen LogP contribution in [0.1, 0.15) is 4.88 Å². The fraction of sp³-hybridized carbons (Fsp3) is 0.0909. The fourth-order valence-electron chi connectivity index (χ4n) is 1.38. The molecule has 19 heavy (non-hydrogen) atoms. The van der Waals surface area contributed by atoms with Crippen LogP contribution in [0.5, 0.6) is 0 Å². The minimum absolute atomic E-state index is 0.0762. The molecule has 0 radical (unpaired) electrons. The normalized spacial score (nSPS) is 11.5. The van der Waals surface area contributed by atoms with Crippen molar-refractivity contribution >= 4 is 38.6 Å². The average Bonchev–Trinajstić information content (AvgIpc) is 2.83. The van der Waals surface area contributed by atoms with E-state index in [1.54, 1.807) is 6.07 Å². The van der Waals surface area contributed by atoms with Crippen LogP contribution < -0.4 is 10.5 Å². The molecule has 2 aromatic rings. The molecule has 0 bridgehead atoms. The van der Waals surface area contributed by atoms with Gasteiger partial charge in [0.2, 0.25) is 0 Å². The van der Waals surface area contributed by atoms with Gasteiger partial charge < -0.3 is 5.73 Å². The lowest BCUT2D eigenvalue weighted by Gasteiger charge is -2.07. The number of hydrogen-bond acceptors (Lipinski definition) is 4. The van der Waals surface area contributed by atoms with Crippen LogP contribution in [0.15, 0.2) is 34.5 Å². The van der Waals surface area contributed by atoms with Crippen molar-refractivity contribution in [2.45, 2.75) is 10.8 Å². The summed E-state index contributed by atoms with van der Waals surface area (Å²) in [5.41, 5.74) is 5.24. The van der Waals surface area contributed by atoms with Crippen molar-refractivity contribution in [3.63, 3.8) is 0 Å². The van der Waals surface area contributed by atoms with E-state index in [2.05, 4.69) is 4.72 Å². The van der Waals surface area contributed by atoms with Crippen molar-refractivity contribution in [1.82, 2.24) is 0 Å². The first-order valence-electron chi connectivity index (χ1n) is 5.19. The monoisotopic (exact) mass is 320 g/mol. The number of halogens is 2. The molecule has 0 saturated carbocycles. The van der Waals surface area contributed by atoms with E-state index in [4.69, 9.17) is 17.3 Å². The molecule has 2 rings (SSSR count). The van der Waals surface area contributed by atoms with E-state index in [9.17, 15) is 12.8 Å². The molecule has 0 spiro atoms. The van der Waals surface area contributed by atoms with E-state index in [-0.39, 0.29) is 21.5 Å². The van der Waals surface area contributed by atoms with Crippen molar-refractivity contribution in [3.05, 3.63) is 46.0 Å². The summed E-state index contributed by atoms with van der Waals surface area (Å²) in [7, 11) is -3.83. The Morgan fingerprint density at radius 3 is 2.68 bits per heavy atom. The lowest BCUT2D eigenvalue weighted by atomic mass is 10.3. The third-order valence-corrected chi connectivity index (χ3v) is 5.48. The maximum atomic E-state index is 13.5. The van der Waals surface area contributed by atoms with E-state index < -0.39 is 15.8 Å². The van der Waals surface area contributed by atoms with Crippen LogP contribution in [0.25, 0.3) is 0 Å². The molecule has 0 saturated heterocycles. The van der Waals surface area contributed by atoms with Crippen molar-refractivity contribution in [2.24, 2.45) is 5.73 Å². The number of hydrogen-bond donors (Lipinski definition) is 2.